The van der Waals surface area contributed by atoms with Gasteiger partial charge in [-0.15, -0.1) is 0 Å². The van der Waals surface area contributed by atoms with Gasteiger partial charge in [-0.05, 0) is 43.4 Å². The lowest BCUT2D eigenvalue weighted by molar-refractivity contribution is -0.124. The Labute approximate surface area is 121 Å². The molecule has 20 heavy (non-hydrogen) atoms. The molecular formula is C15H27N3O2. The largest absolute Gasteiger partial charge is 0.409 e. The number of nitrogens with zero attached hydrogens (tertiary/aromatic N) is 1. The molecule has 114 valence electrons. The summed E-state index contributed by atoms with van der Waals surface area (Å²) in [7, 11) is 0. The lowest BCUT2D eigenvalue weighted by Gasteiger charge is -2.39. The van der Waals surface area contributed by atoms with Gasteiger partial charge in [0.2, 0.25) is 5.91 Å². The molecule has 4 N–H and O–H groups in total. The number of oxime groups is 1. The zero-order chi connectivity index (χ0) is 15.0. The van der Waals surface area contributed by atoms with E-state index in [1.165, 1.54) is 0 Å². The van der Waals surface area contributed by atoms with Crippen molar-refractivity contribution < 1.29 is 10.0 Å². The Bertz CT molecular complexity index is 409. The normalized spacial score (nSPS) is 36.5. The van der Waals surface area contributed by atoms with E-state index in [-0.39, 0.29) is 23.1 Å². The third-order valence-electron chi connectivity index (χ3n) is 5.33. The highest BCUT2D eigenvalue weighted by Gasteiger charge is 2.52. The molecule has 0 radical (unpaired) electrons. The third kappa shape index (κ3) is 2.76. The maximum Gasteiger partial charge on any atom is 0.224 e. The molecule has 1 amide bonds. The lowest BCUT2D eigenvalue weighted by Crippen LogP contribution is -2.59. The predicted molar refractivity (Wildman–Crippen MR) is 78.4 cm³/mol. The van der Waals surface area contributed by atoms with E-state index >= 15 is 0 Å². The molecule has 0 bridgehead atoms. The molecule has 5 heteroatoms. The number of rotatable bonds is 4. The number of nitrogens with one attached hydrogen (secondary N) is 1. The molecule has 0 aromatic heterocycles. The van der Waals surface area contributed by atoms with Crippen LogP contribution in [-0.4, -0.2) is 22.5 Å². The second kappa shape index (κ2) is 5.26. The number of amidine groups is 1. The van der Waals surface area contributed by atoms with Gasteiger partial charge in [0.25, 0.3) is 0 Å². The average molecular weight is 281 g/mol. The molecule has 2 fully saturated rings. The first-order valence-electron chi connectivity index (χ1n) is 7.64. The highest BCUT2D eigenvalue weighted by atomic mass is 16.4. The van der Waals surface area contributed by atoms with Crippen LogP contribution in [0.1, 0.15) is 59.3 Å². The average Bonchev–Trinajstić information content (AvgIpc) is 3.08. The van der Waals surface area contributed by atoms with Crippen molar-refractivity contribution in [2.45, 2.75) is 64.8 Å². The SMILES string of the molecule is CCC1CCC(NC(=O)C2CC2(C)C)(C(N)=NO)CC1. The van der Waals surface area contributed by atoms with Crippen molar-refractivity contribution in [1.82, 2.24) is 5.32 Å². The highest BCUT2D eigenvalue weighted by molar-refractivity contribution is 5.95. The van der Waals surface area contributed by atoms with E-state index in [1.54, 1.807) is 0 Å². The fourth-order valence-corrected chi connectivity index (χ4v) is 3.36. The molecule has 5 nitrogen and oxygen atoms in total. The van der Waals surface area contributed by atoms with Gasteiger partial charge < -0.3 is 16.3 Å². The predicted octanol–water partition coefficient (Wildman–Crippen LogP) is 2.23. The van der Waals surface area contributed by atoms with Crippen molar-refractivity contribution in [2.75, 3.05) is 0 Å². The minimum Gasteiger partial charge on any atom is -0.409 e. The molecule has 0 heterocycles. The quantitative estimate of drug-likeness (QED) is 0.319. The fourth-order valence-electron chi connectivity index (χ4n) is 3.36. The summed E-state index contributed by atoms with van der Waals surface area (Å²) in [6.45, 7) is 6.38. The van der Waals surface area contributed by atoms with Crippen LogP contribution >= 0.6 is 0 Å². The van der Waals surface area contributed by atoms with Crippen molar-refractivity contribution in [3.05, 3.63) is 0 Å². The summed E-state index contributed by atoms with van der Waals surface area (Å²) in [5.41, 5.74) is 5.34. The second-order valence-corrected chi connectivity index (χ2v) is 7.15. The van der Waals surface area contributed by atoms with Crippen LogP contribution in [0, 0.1) is 17.3 Å². The zero-order valence-electron chi connectivity index (χ0n) is 12.8. The van der Waals surface area contributed by atoms with Gasteiger partial charge in [0.05, 0.1) is 0 Å². The van der Waals surface area contributed by atoms with Crippen LogP contribution in [0.15, 0.2) is 5.16 Å². The van der Waals surface area contributed by atoms with Crippen LogP contribution in [-0.2, 0) is 4.79 Å². The molecule has 0 aliphatic heterocycles. The molecule has 0 saturated heterocycles. The van der Waals surface area contributed by atoms with E-state index in [4.69, 9.17) is 10.9 Å². The van der Waals surface area contributed by atoms with Gasteiger partial charge in [0.15, 0.2) is 5.84 Å². The standard InChI is InChI=1S/C15H27N3O2/c1-4-10-5-7-15(8-6-10,13(16)18-20)17-12(19)11-9-14(11,2)3/h10-11,20H,4-9H2,1-3H3,(H2,16,18)(H,17,19). The Balaban J connectivity index is 2.07. The van der Waals surface area contributed by atoms with Gasteiger partial charge in [-0.1, -0.05) is 32.3 Å². The van der Waals surface area contributed by atoms with Crippen LogP contribution in [0.2, 0.25) is 0 Å². The highest BCUT2D eigenvalue weighted by Crippen LogP contribution is 2.52. The minimum absolute atomic E-state index is 0.0524. The van der Waals surface area contributed by atoms with Crippen LogP contribution in [0.5, 0.6) is 0 Å². The third-order valence-corrected chi connectivity index (χ3v) is 5.33. The lowest BCUT2D eigenvalue weighted by atomic mass is 9.74. The van der Waals surface area contributed by atoms with E-state index in [2.05, 4.69) is 31.2 Å². The van der Waals surface area contributed by atoms with E-state index in [9.17, 15) is 4.79 Å². The first-order valence-corrected chi connectivity index (χ1v) is 7.64. The summed E-state index contributed by atoms with van der Waals surface area (Å²) >= 11 is 0. The van der Waals surface area contributed by atoms with Crippen LogP contribution in [0.4, 0.5) is 0 Å². The van der Waals surface area contributed by atoms with E-state index in [0.29, 0.717) is 5.92 Å². The van der Waals surface area contributed by atoms with Crippen molar-refractivity contribution in [2.24, 2.45) is 28.1 Å². The Morgan fingerprint density at radius 1 is 1.40 bits per heavy atom. The van der Waals surface area contributed by atoms with Gasteiger partial charge in [-0.25, -0.2) is 0 Å². The first-order chi connectivity index (χ1) is 9.34. The Kier molecular flexibility index (Phi) is 3.98. The van der Waals surface area contributed by atoms with E-state index < -0.39 is 5.54 Å². The summed E-state index contributed by atoms with van der Waals surface area (Å²) < 4.78 is 0. The van der Waals surface area contributed by atoms with Gasteiger partial charge in [-0.2, -0.15) is 0 Å². The summed E-state index contributed by atoms with van der Waals surface area (Å²) in [5.74, 6) is 0.953. The van der Waals surface area contributed by atoms with Crippen molar-refractivity contribution in [1.29, 1.82) is 0 Å². The molecule has 2 saturated carbocycles. The van der Waals surface area contributed by atoms with Gasteiger partial charge >= 0.3 is 0 Å². The summed E-state index contributed by atoms with van der Waals surface area (Å²) in [4.78, 5) is 12.4. The monoisotopic (exact) mass is 281 g/mol. The molecule has 0 spiro atoms. The number of nitrogens with two attached hydrogens (primary N) is 1. The molecule has 0 aromatic carbocycles. The number of carbonyl (C=O) groups excluding carboxylic acids is 1. The van der Waals surface area contributed by atoms with E-state index in [0.717, 1.165) is 38.5 Å². The van der Waals surface area contributed by atoms with Gasteiger partial charge in [-0.3, -0.25) is 4.79 Å². The Morgan fingerprint density at radius 2 is 1.95 bits per heavy atom. The van der Waals surface area contributed by atoms with Crippen molar-refractivity contribution in [3.8, 4) is 0 Å². The number of hydrogen-bond donors (Lipinski definition) is 3. The second-order valence-electron chi connectivity index (χ2n) is 7.15. The Morgan fingerprint density at radius 3 is 2.35 bits per heavy atom. The van der Waals surface area contributed by atoms with Gasteiger partial charge in [0, 0.05) is 5.92 Å². The topological polar surface area (TPSA) is 87.7 Å². The first kappa shape index (κ1) is 15.1. The summed E-state index contributed by atoms with van der Waals surface area (Å²) in [6, 6.07) is 0. The van der Waals surface area contributed by atoms with Crippen LogP contribution in [0.25, 0.3) is 0 Å². The van der Waals surface area contributed by atoms with Crippen LogP contribution < -0.4 is 11.1 Å². The van der Waals surface area contributed by atoms with Crippen LogP contribution in [0.3, 0.4) is 0 Å². The fraction of sp³-hybridized carbons (Fsp3) is 0.867. The molecule has 1 unspecified atom stereocenters. The zero-order valence-corrected chi connectivity index (χ0v) is 12.8. The number of amides is 1. The molecule has 2 aliphatic carbocycles. The minimum atomic E-state index is -0.643. The molecule has 0 aromatic rings. The smallest absolute Gasteiger partial charge is 0.224 e. The van der Waals surface area contributed by atoms with Crippen molar-refractivity contribution in [3.63, 3.8) is 0 Å². The summed E-state index contributed by atoms with van der Waals surface area (Å²) in [6.07, 6.45) is 5.63. The maximum atomic E-state index is 12.4. The molecule has 2 rings (SSSR count). The summed E-state index contributed by atoms with van der Waals surface area (Å²) in [5, 5.41) is 15.3. The molecule has 1 atom stereocenters. The maximum absolute atomic E-state index is 12.4. The molecular weight excluding hydrogens is 254 g/mol. The van der Waals surface area contributed by atoms with Crippen molar-refractivity contribution >= 4 is 11.7 Å². The Hall–Kier alpha value is -1.26. The number of hydrogen-bond acceptors (Lipinski definition) is 3. The molecule has 2 aliphatic rings. The number of carbonyl (C=O) groups is 1. The van der Waals surface area contributed by atoms with Gasteiger partial charge in [0.1, 0.15) is 5.54 Å². The van der Waals surface area contributed by atoms with E-state index in [1.807, 2.05) is 0 Å².